The van der Waals surface area contributed by atoms with Crippen molar-refractivity contribution in [1.82, 2.24) is 19.7 Å². The van der Waals surface area contributed by atoms with Gasteiger partial charge in [0.2, 0.25) is 0 Å². The number of aromatic nitrogens is 3. The normalized spacial score (nSPS) is 12.9. The Morgan fingerprint density at radius 1 is 1.38 bits per heavy atom. The predicted octanol–water partition coefficient (Wildman–Crippen LogP) is 3.38. The molecule has 0 aliphatic heterocycles. The van der Waals surface area contributed by atoms with Gasteiger partial charge in [-0.2, -0.15) is 0 Å². The molecule has 0 bridgehead atoms. The smallest absolute Gasteiger partial charge is 0.193 e. The van der Waals surface area contributed by atoms with Gasteiger partial charge in [0.1, 0.15) is 0 Å². The number of rotatable bonds is 6. The molecule has 0 fully saturated rings. The van der Waals surface area contributed by atoms with Crippen LogP contribution in [0.15, 0.2) is 36.2 Å². The van der Waals surface area contributed by atoms with Crippen molar-refractivity contribution in [2.24, 2.45) is 0 Å². The van der Waals surface area contributed by atoms with E-state index >= 15 is 0 Å². The third kappa shape index (κ3) is 3.31. The number of imidazole rings is 1. The Bertz CT molecular complexity index is 687. The topological polar surface area (TPSA) is 42.2 Å². The summed E-state index contributed by atoms with van der Waals surface area (Å²) in [6, 6.07) is 2.47. The van der Waals surface area contributed by atoms with Gasteiger partial charge in [-0.1, -0.05) is 13.0 Å². The minimum atomic E-state index is 0.266. The number of hydrogen-bond donors (Lipinski definition) is 1. The van der Waals surface area contributed by atoms with Crippen molar-refractivity contribution in [2.45, 2.75) is 32.7 Å². The zero-order valence-corrected chi connectivity index (χ0v) is 13.2. The SMILES string of the molecule is CCCNC(Cc1cn2ccsc2n1)c1cncc(C)c1. The zero-order chi connectivity index (χ0) is 14.7. The fraction of sp³-hybridized carbons (Fsp3) is 0.375. The minimum absolute atomic E-state index is 0.266. The van der Waals surface area contributed by atoms with Gasteiger partial charge in [-0.3, -0.25) is 9.38 Å². The van der Waals surface area contributed by atoms with Gasteiger partial charge in [0.05, 0.1) is 5.69 Å². The third-order valence-electron chi connectivity index (χ3n) is 3.50. The highest BCUT2D eigenvalue weighted by atomic mass is 32.1. The van der Waals surface area contributed by atoms with Crippen LogP contribution in [0.25, 0.3) is 4.96 Å². The summed E-state index contributed by atoms with van der Waals surface area (Å²) in [5, 5.41) is 5.67. The summed E-state index contributed by atoms with van der Waals surface area (Å²) in [5.41, 5.74) is 3.55. The fourth-order valence-corrected chi connectivity index (χ4v) is 3.20. The van der Waals surface area contributed by atoms with Crippen molar-refractivity contribution in [3.05, 3.63) is 53.1 Å². The highest BCUT2D eigenvalue weighted by Gasteiger charge is 2.14. The van der Waals surface area contributed by atoms with E-state index in [9.17, 15) is 0 Å². The molecule has 21 heavy (non-hydrogen) atoms. The number of thiazole rings is 1. The lowest BCUT2D eigenvalue weighted by Crippen LogP contribution is -2.24. The molecular formula is C16H20N4S. The molecule has 1 N–H and O–H groups in total. The number of hydrogen-bond acceptors (Lipinski definition) is 4. The maximum Gasteiger partial charge on any atom is 0.193 e. The van der Waals surface area contributed by atoms with Gasteiger partial charge >= 0.3 is 0 Å². The lowest BCUT2D eigenvalue weighted by Gasteiger charge is -2.18. The lowest BCUT2D eigenvalue weighted by molar-refractivity contribution is 0.524. The molecule has 3 rings (SSSR count). The largest absolute Gasteiger partial charge is 0.310 e. The van der Waals surface area contributed by atoms with Crippen LogP contribution >= 0.6 is 11.3 Å². The Balaban J connectivity index is 1.83. The van der Waals surface area contributed by atoms with Crippen LogP contribution in [0, 0.1) is 6.92 Å². The van der Waals surface area contributed by atoms with Crippen molar-refractivity contribution in [2.75, 3.05) is 6.54 Å². The van der Waals surface area contributed by atoms with Crippen LogP contribution in [0.5, 0.6) is 0 Å². The molecule has 0 aliphatic carbocycles. The van der Waals surface area contributed by atoms with Gasteiger partial charge in [0.25, 0.3) is 0 Å². The van der Waals surface area contributed by atoms with E-state index in [1.165, 1.54) is 11.1 Å². The first-order chi connectivity index (χ1) is 10.3. The average Bonchev–Trinajstić information content (AvgIpc) is 3.04. The van der Waals surface area contributed by atoms with E-state index in [1.54, 1.807) is 11.3 Å². The maximum atomic E-state index is 4.69. The van der Waals surface area contributed by atoms with Crippen molar-refractivity contribution in [3.63, 3.8) is 0 Å². The van der Waals surface area contributed by atoms with Crippen LogP contribution < -0.4 is 5.32 Å². The Labute approximate surface area is 128 Å². The number of pyridine rings is 1. The van der Waals surface area contributed by atoms with Gasteiger partial charge < -0.3 is 5.32 Å². The Morgan fingerprint density at radius 3 is 3.05 bits per heavy atom. The van der Waals surface area contributed by atoms with E-state index in [1.807, 2.05) is 12.4 Å². The van der Waals surface area contributed by atoms with Gasteiger partial charge in [0, 0.05) is 42.6 Å². The summed E-state index contributed by atoms with van der Waals surface area (Å²) in [4.78, 5) is 10.1. The summed E-state index contributed by atoms with van der Waals surface area (Å²) in [6.07, 6.45) is 10.0. The molecule has 0 spiro atoms. The standard InChI is InChI=1S/C16H20N4S/c1-3-4-18-15(13-7-12(2)9-17-10-13)8-14-11-20-5-6-21-16(20)19-14/h5-7,9-11,15,18H,3-4,8H2,1-2H3. The van der Waals surface area contributed by atoms with E-state index in [0.717, 1.165) is 30.0 Å². The zero-order valence-electron chi connectivity index (χ0n) is 12.4. The fourth-order valence-electron chi connectivity index (χ4n) is 2.48. The molecule has 0 aromatic carbocycles. The summed E-state index contributed by atoms with van der Waals surface area (Å²) < 4.78 is 2.09. The molecule has 3 aromatic heterocycles. The molecule has 3 aromatic rings. The van der Waals surface area contributed by atoms with Crippen LogP contribution in [-0.2, 0) is 6.42 Å². The van der Waals surface area contributed by atoms with Crippen LogP contribution in [0.1, 0.15) is 36.2 Å². The molecule has 5 heteroatoms. The van der Waals surface area contributed by atoms with Gasteiger partial charge in [-0.25, -0.2) is 4.98 Å². The summed E-state index contributed by atoms with van der Waals surface area (Å²) in [6.45, 7) is 5.27. The molecule has 0 amide bonds. The molecule has 3 heterocycles. The third-order valence-corrected chi connectivity index (χ3v) is 4.27. The lowest BCUT2D eigenvalue weighted by atomic mass is 10.0. The molecule has 0 radical (unpaired) electrons. The van der Waals surface area contributed by atoms with E-state index in [4.69, 9.17) is 0 Å². The van der Waals surface area contributed by atoms with Crippen molar-refractivity contribution in [1.29, 1.82) is 0 Å². The second-order valence-corrected chi connectivity index (χ2v) is 6.20. The first kappa shape index (κ1) is 14.2. The van der Waals surface area contributed by atoms with Gasteiger partial charge in [0.15, 0.2) is 4.96 Å². The van der Waals surface area contributed by atoms with Crippen molar-refractivity contribution in [3.8, 4) is 0 Å². The molecular weight excluding hydrogens is 280 g/mol. The van der Waals surface area contributed by atoms with Gasteiger partial charge in [-0.05, 0) is 31.0 Å². The Morgan fingerprint density at radius 2 is 2.29 bits per heavy atom. The monoisotopic (exact) mass is 300 g/mol. The maximum absolute atomic E-state index is 4.69. The molecule has 110 valence electrons. The summed E-state index contributed by atoms with van der Waals surface area (Å²) in [5.74, 6) is 0. The highest BCUT2D eigenvalue weighted by molar-refractivity contribution is 7.15. The van der Waals surface area contributed by atoms with Crippen LogP contribution in [0.2, 0.25) is 0 Å². The average molecular weight is 300 g/mol. The van der Waals surface area contributed by atoms with E-state index in [-0.39, 0.29) is 6.04 Å². The number of fused-ring (bicyclic) bond motifs is 1. The van der Waals surface area contributed by atoms with Crippen LogP contribution in [-0.4, -0.2) is 20.9 Å². The van der Waals surface area contributed by atoms with Gasteiger partial charge in [-0.15, -0.1) is 11.3 Å². The van der Waals surface area contributed by atoms with E-state index in [0.29, 0.717) is 0 Å². The molecule has 1 atom stereocenters. The molecule has 0 saturated heterocycles. The molecule has 1 unspecified atom stereocenters. The first-order valence-electron chi connectivity index (χ1n) is 7.32. The second-order valence-electron chi connectivity index (χ2n) is 5.33. The van der Waals surface area contributed by atoms with Crippen molar-refractivity contribution >= 4 is 16.3 Å². The summed E-state index contributed by atoms with van der Waals surface area (Å²) in [7, 11) is 0. The van der Waals surface area contributed by atoms with Crippen molar-refractivity contribution < 1.29 is 0 Å². The second kappa shape index (κ2) is 6.37. The summed E-state index contributed by atoms with van der Waals surface area (Å²) >= 11 is 1.67. The molecule has 0 saturated carbocycles. The number of aryl methyl sites for hydroxylation is 1. The molecule has 4 nitrogen and oxygen atoms in total. The Hall–Kier alpha value is -1.72. The Kier molecular flexibility index (Phi) is 4.31. The predicted molar refractivity (Wildman–Crippen MR) is 86.8 cm³/mol. The number of nitrogens with one attached hydrogen (secondary N) is 1. The first-order valence-corrected chi connectivity index (χ1v) is 8.20. The van der Waals surface area contributed by atoms with E-state index < -0.39 is 0 Å². The number of nitrogens with zero attached hydrogens (tertiary/aromatic N) is 3. The minimum Gasteiger partial charge on any atom is -0.310 e. The highest BCUT2D eigenvalue weighted by Crippen LogP contribution is 2.20. The van der Waals surface area contributed by atoms with Crippen LogP contribution in [0.3, 0.4) is 0 Å². The van der Waals surface area contributed by atoms with Crippen LogP contribution in [0.4, 0.5) is 0 Å². The molecule has 0 aliphatic rings. The quantitative estimate of drug-likeness (QED) is 0.759. The van der Waals surface area contributed by atoms with E-state index in [2.05, 4.69) is 57.4 Å².